The highest BCUT2D eigenvalue weighted by Crippen LogP contribution is 2.61. The fraction of sp³-hybridized carbons (Fsp3) is 0.660. The summed E-state index contributed by atoms with van der Waals surface area (Å²) in [5, 5.41) is 31.5. The van der Waals surface area contributed by atoms with Crippen LogP contribution in [0.2, 0.25) is 0 Å². The van der Waals surface area contributed by atoms with Gasteiger partial charge in [-0.3, -0.25) is 24.0 Å². The van der Waals surface area contributed by atoms with E-state index in [-0.39, 0.29) is 60.7 Å². The normalized spacial score (nSPS) is 25.9. The van der Waals surface area contributed by atoms with Crippen LogP contribution < -0.4 is 20.9 Å². The van der Waals surface area contributed by atoms with Crippen molar-refractivity contribution in [1.29, 1.82) is 0 Å². The van der Waals surface area contributed by atoms with Gasteiger partial charge in [0.25, 0.3) is 5.91 Å². The number of carboxylic acid groups (broad SMARTS) is 1. The molecule has 2 bridgehead atoms. The second-order valence-corrected chi connectivity index (χ2v) is 20.2. The summed E-state index contributed by atoms with van der Waals surface area (Å²) in [4.78, 5) is 62.9. The second-order valence-electron chi connectivity index (χ2n) is 20.2. The molecule has 0 unspecified atom stereocenters. The van der Waals surface area contributed by atoms with E-state index in [2.05, 4.69) is 68.5 Å². The van der Waals surface area contributed by atoms with Crippen LogP contribution >= 0.6 is 0 Å². The Morgan fingerprint density at radius 3 is 2.32 bits per heavy atom. The second kappa shape index (κ2) is 18.9. The molecular formula is C47H72N6O7. The molecule has 2 aromatic carbocycles. The predicted octanol–water partition coefficient (Wildman–Crippen LogP) is 5.47. The van der Waals surface area contributed by atoms with Crippen molar-refractivity contribution in [2.75, 3.05) is 46.2 Å². The number of aliphatic hydroxyl groups is 1. The van der Waals surface area contributed by atoms with E-state index < -0.39 is 36.0 Å². The van der Waals surface area contributed by atoms with Crippen molar-refractivity contribution in [3.8, 4) is 11.1 Å². The average molecular weight is 833 g/mol. The quantitative estimate of drug-likeness (QED) is 0.138. The Bertz CT molecular complexity index is 1870. The highest BCUT2D eigenvalue weighted by Gasteiger charge is 2.57. The SMILES string of the molecule is Cc1c(CN2O[C@@H](CNC(=O)CCC(=O)O)[C@@H]([C@H](C)O)[C@H]2C(=O)N[C@H]2C[C@H]3C[C@@H]([C@@H]2C)C3(C)C)cccc1-c1cc(C(=O)N[C@H](CN(C)C)CC(C)(C)C)cc(N(C)C)c1. The van der Waals surface area contributed by atoms with Gasteiger partial charge in [0, 0.05) is 62.9 Å². The van der Waals surface area contributed by atoms with Crippen LogP contribution in [0.15, 0.2) is 36.4 Å². The number of aliphatic carboxylic acids is 1. The molecule has 60 heavy (non-hydrogen) atoms. The number of likely N-dealkylation sites (N-methyl/N-ethyl adjacent to an activating group) is 1. The van der Waals surface area contributed by atoms with E-state index in [1.807, 2.05) is 70.3 Å². The van der Waals surface area contributed by atoms with Gasteiger partial charge in [-0.15, -0.1) is 0 Å². The van der Waals surface area contributed by atoms with Gasteiger partial charge in [-0.05, 0) is 116 Å². The molecular weight excluding hydrogens is 761 g/mol. The van der Waals surface area contributed by atoms with Crippen LogP contribution in [0.25, 0.3) is 11.1 Å². The smallest absolute Gasteiger partial charge is 0.303 e. The van der Waals surface area contributed by atoms with E-state index in [1.165, 1.54) is 6.42 Å². The van der Waals surface area contributed by atoms with Crippen molar-refractivity contribution in [2.45, 2.75) is 124 Å². The molecule has 13 heteroatoms. The Labute approximate surface area is 357 Å². The third-order valence-electron chi connectivity index (χ3n) is 13.5. The fourth-order valence-electron chi connectivity index (χ4n) is 10.1. The maximum atomic E-state index is 14.6. The Hall–Kier alpha value is -4.04. The Kier molecular flexibility index (Phi) is 14.8. The van der Waals surface area contributed by atoms with Crippen molar-refractivity contribution in [2.24, 2.45) is 34.5 Å². The highest BCUT2D eigenvalue weighted by atomic mass is 16.7. The van der Waals surface area contributed by atoms with Crippen LogP contribution in [0.5, 0.6) is 0 Å². The van der Waals surface area contributed by atoms with Gasteiger partial charge >= 0.3 is 5.97 Å². The monoisotopic (exact) mass is 833 g/mol. The molecule has 4 aliphatic rings. The van der Waals surface area contributed by atoms with Crippen LogP contribution in [-0.4, -0.2) is 115 Å². The first kappa shape index (κ1) is 47.0. The Morgan fingerprint density at radius 2 is 1.73 bits per heavy atom. The van der Waals surface area contributed by atoms with Crippen LogP contribution in [0, 0.1) is 41.4 Å². The molecule has 9 atom stereocenters. The standard InChI is InChI=1S/C47H72N6O7/c1-27-30(14-13-15-36(27)31-18-32(20-35(19-31)52(11)12)44(58)49-34(26-51(9)10)23-46(4,5)6)25-53-43(45(59)50-38-22-33-21-37(28(38)2)47(33,7)8)42(29(3)54)39(60-53)24-48-40(55)16-17-41(56)57/h13-15,18-20,28-29,33-34,37-39,42-43,54H,16-17,21-26H2,1-12H3,(H,48,55)(H,49,58)(H,50,59)(H,56,57)/t28-,29-,33+,34-,37-,38-,39-,42+,43-/m0/s1. The lowest BCUT2D eigenvalue weighted by Gasteiger charge is -2.62. The van der Waals surface area contributed by atoms with E-state index in [9.17, 15) is 24.3 Å². The summed E-state index contributed by atoms with van der Waals surface area (Å²) in [5.74, 6) is -1.22. The number of rotatable bonds is 17. The third kappa shape index (κ3) is 11.1. The Morgan fingerprint density at radius 1 is 1.03 bits per heavy atom. The van der Waals surface area contributed by atoms with E-state index >= 15 is 0 Å². The molecule has 0 spiro atoms. The first-order chi connectivity index (χ1) is 28.0. The minimum absolute atomic E-state index is 0.00118. The van der Waals surface area contributed by atoms with Gasteiger partial charge in [-0.1, -0.05) is 59.7 Å². The van der Waals surface area contributed by atoms with Gasteiger partial charge in [-0.25, -0.2) is 0 Å². The molecule has 2 aromatic rings. The van der Waals surface area contributed by atoms with E-state index in [1.54, 1.807) is 12.0 Å². The zero-order chi connectivity index (χ0) is 44.4. The van der Waals surface area contributed by atoms with Crippen LogP contribution in [0.3, 0.4) is 0 Å². The molecule has 332 valence electrons. The van der Waals surface area contributed by atoms with Crippen molar-refractivity contribution in [3.63, 3.8) is 0 Å². The molecule has 13 nitrogen and oxygen atoms in total. The molecule has 0 aromatic heterocycles. The largest absolute Gasteiger partial charge is 0.481 e. The summed E-state index contributed by atoms with van der Waals surface area (Å²) in [6.07, 6.45) is 0.684. The number of carbonyl (C=O) groups excluding carboxylic acids is 3. The first-order valence-corrected chi connectivity index (χ1v) is 21.7. The topological polar surface area (TPSA) is 164 Å². The number of anilines is 1. The number of nitrogens with one attached hydrogen (secondary N) is 3. The molecule has 3 amide bonds. The van der Waals surface area contributed by atoms with Gasteiger partial charge in [0.05, 0.1) is 19.1 Å². The van der Waals surface area contributed by atoms with Crippen LogP contribution in [0.1, 0.15) is 102 Å². The summed E-state index contributed by atoms with van der Waals surface area (Å²) in [6.45, 7) is 18.0. The summed E-state index contributed by atoms with van der Waals surface area (Å²) in [7, 11) is 7.93. The lowest BCUT2D eigenvalue weighted by atomic mass is 9.45. The lowest BCUT2D eigenvalue weighted by molar-refractivity contribution is -0.177. The van der Waals surface area contributed by atoms with Crippen LogP contribution in [-0.2, 0) is 25.8 Å². The number of amides is 3. The van der Waals surface area contributed by atoms with Gasteiger partial charge in [-0.2, -0.15) is 5.06 Å². The molecule has 3 aliphatic carbocycles. The number of hydroxylamine groups is 2. The summed E-state index contributed by atoms with van der Waals surface area (Å²) in [5.41, 5.74) is 5.36. The molecule has 6 rings (SSSR count). The van der Waals surface area contributed by atoms with E-state index in [0.29, 0.717) is 23.3 Å². The lowest BCUT2D eigenvalue weighted by Crippen LogP contribution is -2.62. The first-order valence-electron chi connectivity index (χ1n) is 21.7. The molecule has 0 radical (unpaired) electrons. The zero-order valence-electron chi connectivity index (χ0n) is 38.1. The van der Waals surface area contributed by atoms with Crippen LogP contribution in [0.4, 0.5) is 5.69 Å². The van der Waals surface area contributed by atoms with Gasteiger partial charge in [0.1, 0.15) is 12.1 Å². The average Bonchev–Trinajstić information content (AvgIpc) is 3.51. The number of nitrogens with zero attached hydrogens (tertiary/aromatic N) is 3. The molecule has 4 fully saturated rings. The zero-order valence-corrected chi connectivity index (χ0v) is 38.1. The number of carboxylic acids is 1. The van der Waals surface area contributed by atoms with Crippen molar-refractivity contribution >= 4 is 29.4 Å². The molecule has 5 N–H and O–H groups in total. The van der Waals surface area contributed by atoms with E-state index in [4.69, 9.17) is 9.94 Å². The van der Waals surface area contributed by atoms with Gasteiger partial charge in [0.2, 0.25) is 11.8 Å². The fourth-order valence-corrected chi connectivity index (χ4v) is 10.1. The summed E-state index contributed by atoms with van der Waals surface area (Å²) < 4.78 is 0. The van der Waals surface area contributed by atoms with Gasteiger partial charge < -0.3 is 36.0 Å². The predicted molar refractivity (Wildman–Crippen MR) is 235 cm³/mol. The van der Waals surface area contributed by atoms with Crippen molar-refractivity contribution in [1.82, 2.24) is 25.9 Å². The van der Waals surface area contributed by atoms with Crippen molar-refractivity contribution < 1.29 is 34.2 Å². The number of benzene rings is 2. The third-order valence-corrected chi connectivity index (χ3v) is 13.5. The maximum absolute atomic E-state index is 14.6. The number of hydrogen-bond acceptors (Lipinski definition) is 9. The molecule has 1 saturated heterocycles. The molecule has 1 aliphatic heterocycles. The number of fused-ring (bicyclic) bond motifs is 2. The molecule has 1 heterocycles. The number of hydrogen-bond donors (Lipinski definition) is 5. The van der Waals surface area contributed by atoms with Gasteiger partial charge in [0.15, 0.2) is 0 Å². The number of carbonyl (C=O) groups is 4. The Balaban J connectivity index is 1.45. The molecule has 3 saturated carbocycles. The number of aliphatic hydroxyl groups excluding tert-OH is 1. The maximum Gasteiger partial charge on any atom is 0.303 e. The minimum Gasteiger partial charge on any atom is -0.481 e. The summed E-state index contributed by atoms with van der Waals surface area (Å²) >= 11 is 0. The summed E-state index contributed by atoms with van der Waals surface area (Å²) in [6, 6.07) is 11.0. The van der Waals surface area contributed by atoms with Crippen molar-refractivity contribution in [3.05, 3.63) is 53.1 Å². The van der Waals surface area contributed by atoms with E-state index in [0.717, 1.165) is 47.3 Å². The highest BCUT2D eigenvalue weighted by molar-refractivity contribution is 5.97. The minimum atomic E-state index is -1.07.